The molecule has 3 rings (SSSR count). The lowest BCUT2D eigenvalue weighted by Crippen LogP contribution is -2.02. The van der Waals surface area contributed by atoms with Crippen molar-refractivity contribution < 1.29 is 4.39 Å². The highest BCUT2D eigenvalue weighted by atomic mass is 79.9. The second-order valence-corrected chi connectivity index (χ2v) is 5.41. The maximum atomic E-state index is 13.7. The van der Waals surface area contributed by atoms with Gasteiger partial charge in [-0.25, -0.2) is 4.39 Å². The van der Waals surface area contributed by atoms with Gasteiger partial charge in [0.25, 0.3) is 0 Å². The van der Waals surface area contributed by atoms with Gasteiger partial charge in [-0.1, -0.05) is 15.9 Å². The molecule has 0 spiro atoms. The molecule has 0 atom stereocenters. The summed E-state index contributed by atoms with van der Waals surface area (Å²) in [6.07, 6.45) is 5.20. The molecule has 2 aromatic heterocycles. The number of rotatable bonds is 4. The van der Waals surface area contributed by atoms with Crippen LogP contribution in [0.25, 0.3) is 11.3 Å². The van der Waals surface area contributed by atoms with Gasteiger partial charge in [0.05, 0.1) is 17.6 Å². The zero-order chi connectivity index (χ0) is 14.7. The van der Waals surface area contributed by atoms with E-state index < -0.39 is 0 Å². The summed E-state index contributed by atoms with van der Waals surface area (Å²) in [6.45, 7) is 0.466. The average molecular weight is 347 g/mol. The summed E-state index contributed by atoms with van der Waals surface area (Å²) in [6, 6.07) is 8.60. The number of aromatic amines is 1. The third-order valence-electron chi connectivity index (χ3n) is 3.07. The van der Waals surface area contributed by atoms with Crippen LogP contribution in [0.5, 0.6) is 0 Å². The maximum absolute atomic E-state index is 13.7. The second kappa shape index (κ2) is 6.05. The summed E-state index contributed by atoms with van der Waals surface area (Å²) in [5.74, 6) is -0.287. The van der Waals surface area contributed by atoms with Gasteiger partial charge in [-0.05, 0) is 30.3 Å². The molecule has 2 N–H and O–H groups in total. The lowest BCUT2D eigenvalue weighted by molar-refractivity contribution is 0.630. The van der Waals surface area contributed by atoms with Crippen molar-refractivity contribution in [1.82, 2.24) is 15.2 Å². The number of hydrogen-bond acceptors (Lipinski definition) is 3. The number of halogens is 2. The first kappa shape index (κ1) is 13.8. The Labute approximate surface area is 129 Å². The standard InChI is InChI=1S/C15H12BrFN4/c16-12-3-4-13(17)14(6-12)19-8-11-9-20-21-15(11)10-2-1-5-18-7-10/h1-7,9,19H,8H2,(H,20,21). The van der Waals surface area contributed by atoms with E-state index in [1.165, 1.54) is 6.07 Å². The van der Waals surface area contributed by atoms with E-state index in [9.17, 15) is 4.39 Å². The number of H-pyrrole nitrogens is 1. The molecule has 4 nitrogen and oxygen atoms in total. The quantitative estimate of drug-likeness (QED) is 0.751. The molecule has 0 aliphatic rings. The molecular formula is C15H12BrFN4. The summed E-state index contributed by atoms with van der Waals surface area (Å²) < 4.78 is 14.5. The highest BCUT2D eigenvalue weighted by Gasteiger charge is 2.09. The monoisotopic (exact) mass is 346 g/mol. The number of anilines is 1. The molecule has 1 aromatic carbocycles. The second-order valence-electron chi connectivity index (χ2n) is 4.49. The van der Waals surface area contributed by atoms with Gasteiger partial charge in [0, 0.05) is 34.5 Å². The van der Waals surface area contributed by atoms with Crippen LogP contribution in [0.3, 0.4) is 0 Å². The van der Waals surface area contributed by atoms with Gasteiger partial charge in [-0.2, -0.15) is 5.10 Å². The van der Waals surface area contributed by atoms with Gasteiger partial charge < -0.3 is 5.32 Å². The van der Waals surface area contributed by atoms with Crippen molar-refractivity contribution >= 4 is 21.6 Å². The van der Waals surface area contributed by atoms with Crippen molar-refractivity contribution in [3.05, 3.63) is 64.8 Å². The largest absolute Gasteiger partial charge is 0.378 e. The maximum Gasteiger partial charge on any atom is 0.146 e. The van der Waals surface area contributed by atoms with E-state index in [0.29, 0.717) is 12.2 Å². The van der Waals surface area contributed by atoms with Crippen molar-refractivity contribution in [1.29, 1.82) is 0 Å². The third-order valence-corrected chi connectivity index (χ3v) is 3.56. The van der Waals surface area contributed by atoms with E-state index in [-0.39, 0.29) is 5.82 Å². The molecule has 0 unspecified atom stereocenters. The van der Waals surface area contributed by atoms with Crippen LogP contribution in [0, 0.1) is 5.82 Å². The van der Waals surface area contributed by atoms with Gasteiger partial charge in [0.15, 0.2) is 0 Å². The molecule has 0 saturated heterocycles. The molecule has 3 aromatic rings. The molecule has 0 bridgehead atoms. The van der Waals surface area contributed by atoms with Crippen molar-refractivity contribution in [3.8, 4) is 11.3 Å². The van der Waals surface area contributed by atoms with Crippen LogP contribution in [-0.2, 0) is 6.54 Å². The number of nitrogens with zero attached hydrogens (tertiary/aromatic N) is 2. The van der Waals surface area contributed by atoms with E-state index in [1.807, 2.05) is 12.1 Å². The highest BCUT2D eigenvalue weighted by molar-refractivity contribution is 9.10. The predicted molar refractivity (Wildman–Crippen MR) is 83.2 cm³/mol. The molecule has 106 valence electrons. The number of nitrogens with one attached hydrogen (secondary N) is 2. The Morgan fingerprint density at radius 1 is 1.24 bits per heavy atom. The van der Waals surface area contributed by atoms with Crippen LogP contribution < -0.4 is 5.32 Å². The van der Waals surface area contributed by atoms with Gasteiger partial charge in [-0.3, -0.25) is 10.1 Å². The van der Waals surface area contributed by atoms with Crippen LogP contribution in [-0.4, -0.2) is 15.2 Å². The lowest BCUT2D eigenvalue weighted by atomic mass is 10.1. The minimum Gasteiger partial charge on any atom is -0.378 e. The first-order valence-electron chi connectivity index (χ1n) is 6.35. The third kappa shape index (κ3) is 3.11. The summed E-state index contributed by atoms with van der Waals surface area (Å²) in [5, 5.41) is 10.1. The van der Waals surface area contributed by atoms with Crippen molar-refractivity contribution in [2.75, 3.05) is 5.32 Å². The van der Waals surface area contributed by atoms with E-state index in [4.69, 9.17) is 0 Å². The molecule has 0 amide bonds. The summed E-state index contributed by atoms with van der Waals surface area (Å²) in [5.41, 5.74) is 3.22. The van der Waals surface area contributed by atoms with E-state index in [0.717, 1.165) is 21.3 Å². The Bertz CT molecular complexity index is 742. The first-order chi connectivity index (χ1) is 10.2. The smallest absolute Gasteiger partial charge is 0.146 e. The predicted octanol–water partition coefficient (Wildman–Crippen LogP) is 3.99. The van der Waals surface area contributed by atoms with E-state index in [1.54, 1.807) is 30.7 Å². The molecule has 6 heteroatoms. The number of benzene rings is 1. The SMILES string of the molecule is Fc1ccc(Br)cc1NCc1cn[nH]c1-c1cccnc1. The molecule has 0 aliphatic carbocycles. The fourth-order valence-electron chi connectivity index (χ4n) is 2.03. The fraction of sp³-hybridized carbons (Fsp3) is 0.0667. The van der Waals surface area contributed by atoms with E-state index >= 15 is 0 Å². The van der Waals surface area contributed by atoms with Crippen molar-refractivity contribution in [2.24, 2.45) is 0 Å². The lowest BCUT2D eigenvalue weighted by Gasteiger charge is -2.08. The molecular weight excluding hydrogens is 335 g/mol. The molecule has 2 heterocycles. The van der Waals surface area contributed by atoms with Crippen LogP contribution in [0.1, 0.15) is 5.56 Å². The molecule has 0 aliphatic heterocycles. The Balaban J connectivity index is 1.81. The minimum absolute atomic E-state index is 0.287. The van der Waals surface area contributed by atoms with E-state index in [2.05, 4.69) is 36.4 Å². The molecule has 0 fully saturated rings. The van der Waals surface area contributed by atoms with Gasteiger partial charge in [-0.15, -0.1) is 0 Å². The zero-order valence-corrected chi connectivity index (χ0v) is 12.6. The van der Waals surface area contributed by atoms with Crippen LogP contribution in [0.15, 0.2) is 53.4 Å². The summed E-state index contributed by atoms with van der Waals surface area (Å²) in [4.78, 5) is 4.09. The summed E-state index contributed by atoms with van der Waals surface area (Å²) in [7, 11) is 0. The highest BCUT2D eigenvalue weighted by Crippen LogP contribution is 2.23. The van der Waals surface area contributed by atoms with Gasteiger partial charge in [0.2, 0.25) is 0 Å². The molecule has 21 heavy (non-hydrogen) atoms. The normalized spacial score (nSPS) is 10.6. The Morgan fingerprint density at radius 3 is 2.95 bits per heavy atom. The summed E-state index contributed by atoms with van der Waals surface area (Å²) >= 11 is 3.33. The van der Waals surface area contributed by atoms with Crippen molar-refractivity contribution in [2.45, 2.75) is 6.54 Å². The fourth-order valence-corrected chi connectivity index (χ4v) is 2.39. The van der Waals surface area contributed by atoms with Crippen LogP contribution in [0.2, 0.25) is 0 Å². The number of aromatic nitrogens is 3. The topological polar surface area (TPSA) is 53.6 Å². The average Bonchev–Trinajstić information content (AvgIpc) is 2.97. The minimum atomic E-state index is -0.287. The Kier molecular flexibility index (Phi) is 3.96. The number of hydrogen-bond donors (Lipinski definition) is 2. The molecule has 0 saturated carbocycles. The Morgan fingerprint density at radius 2 is 2.14 bits per heavy atom. The number of pyridine rings is 1. The van der Waals surface area contributed by atoms with Crippen molar-refractivity contribution in [3.63, 3.8) is 0 Å². The van der Waals surface area contributed by atoms with Crippen LogP contribution >= 0.6 is 15.9 Å². The zero-order valence-electron chi connectivity index (χ0n) is 11.0. The Hall–Kier alpha value is -2.21. The first-order valence-corrected chi connectivity index (χ1v) is 7.15. The van der Waals surface area contributed by atoms with Crippen LogP contribution in [0.4, 0.5) is 10.1 Å². The van der Waals surface area contributed by atoms with Gasteiger partial charge >= 0.3 is 0 Å². The molecule has 0 radical (unpaired) electrons. The van der Waals surface area contributed by atoms with Gasteiger partial charge in [0.1, 0.15) is 5.82 Å².